The fourth-order valence-electron chi connectivity index (χ4n) is 3.24. The number of benzene rings is 1. The average Bonchev–Trinajstić information content (AvgIpc) is 3.24. The Kier molecular flexibility index (Phi) is 3.97. The molecular formula is C18H18N2O4S. The number of piperidine rings is 1. The molecule has 0 spiro atoms. The van der Waals surface area contributed by atoms with Gasteiger partial charge >= 0.3 is 0 Å². The highest BCUT2D eigenvalue weighted by molar-refractivity contribution is 7.89. The summed E-state index contributed by atoms with van der Waals surface area (Å²) in [6.45, 7) is 1.09. The smallest absolute Gasteiger partial charge is 0.256 e. The molecule has 6 nitrogen and oxygen atoms in total. The number of carbonyl (C=O) groups excluding carboxylic acids is 1. The van der Waals surface area contributed by atoms with Crippen molar-refractivity contribution in [2.24, 2.45) is 0 Å². The molecule has 0 unspecified atom stereocenters. The number of anilines is 1. The second kappa shape index (κ2) is 6.16. The van der Waals surface area contributed by atoms with Gasteiger partial charge in [0.15, 0.2) is 0 Å². The molecule has 0 atom stereocenters. The number of nitrogens with zero attached hydrogens (tertiary/aromatic N) is 1. The third-order valence-electron chi connectivity index (χ3n) is 4.56. The summed E-state index contributed by atoms with van der Waals surface area (Å²) in [4.78, 5) is 12.5. The molecule has 4 rings (SSSR count). The van der Waals surface area contributed by atoms with Crippen molar-refractivity contribution < 1.29 is 17.6 Å². The molecule has 0 radical (unpaired) electrons. The highest BCUT2D eigenvalue weighted by atomic mass is 32.2. The summed E-state index contributed by atoms with van der Waals surface area (Å²) in [7, 11) is -3.54. The highest BCUT2D eigenvalue weighted by Gasteiger charge is 2.30. The minimum absolute atomic E-state index is 0.218. The van der Waals surface area contributed by atoms with Crippen molar-refractivity contribution in [2.75, 3.05) is 18.4 Å². The summed E-state index contributed by atoms with van der Waals surface area (Å²) in [5.74, 6) is 0.279. The second-order valence-corrected chi connectivity index (χ2v) is 8.14. The maximum absolute atomic E-state index is 12.9. The van der Waals surface area contributed by atoms with Crippen molar-refractivity contribution in [3.8, 4) is 0 Å². The summed E-state index contributed by atoms with van der Waals surface area (Å²) in [6.07, 6.45) is 5.97. The summed E-state index contributed by atoms with van der Waals surface area (Å²) in [5.41, 5.74) is 1.60. The van der Waals surface area contributed by atoms with E-state index in [0.29, 0.717) is 35.7 Å². The van der Waals surface area contributed by atoms with Gasteiger partial charge < -0.3 is 9.73 Å². The monoisotopic (exact) mass is 358 g/mol. The lowest BCUT2D eigenvalue weighted by molar-refractivity contribution is -0.110. The van der Waals surface area contributed by atoms with Gasteiger partial charge in [0.1, 0.15) is 5.76 Å². The summed E-state index contributed by atoms with van der Waals surface area (Å²) < 4.78 is 32.5. The normalized spacial score (nSPS) is 19.8. The molecule has 1 fully saturated rings. The van der Waals surface area contributed by atoms with Crippen LogP contribution in [0.1, 0.15) is 30.6 Å². The molecule has 1 amide bonds. The molecule has 130 valence electrons. The molecular weight excluding hydrogens is 340 g/mol. The van der Waals surface area contributed by atoms with Crippen molar-refractivity contribution in [1.29, 1.82) is 0 Å². The quantitative estimate of drug-likeness (QED) is 0.856. The van der Waals surface area contributed by atoms with Crippen LogP contribution in [0, 0.1) is 0 Å². The zero-order valence-corrected chi connectivity index (χ0v) is 14.4. The van der Waals surface area contributed by atoms with Gasteiger partial charge in [-0.2, -0.15) is 4.31 Å². The van der Waals surface area contributed by atoms with Crippen LogP contribution in [0.15, 0.2) is 45.9 Å². The molecule has 2 aliphatic heterocycles. The number of nitrogens with one attached hydrogen (secondary N) is 1. The fourth-order valence-corrected chi connectivity index (χ4v) is 4.78. The van der Waals surface area contributed by atoms with E-state index < -0.39 is 10.0 Å². The van der Waals surface area contributed by atoms with Gasteiger partial charge in [-0.25, -0.2) is 8.42 Å². The van der Waals surface area contributed by atoms with Gasteiger partial charge in [0.2, 0.25) is 10.0 Å². The van der Waals surface area contributed by atoms with Gasteiger partial charge in [0.05, 0.1) is 16.7 Å². The van der Waals surface area contributed by atoms with Crippen molar-refractivity contribution >= 4 is 33.3 Å². The van der Waals surface area contributed by atoms with E-state index in [2.05, 4.69) is 5.32 Å². The Balaban J connectivity index is 1.75. The fraction of sp³-hybridized carbons (Fsp3) is 0.278. The summed E-state index contributed by atoms with van der Waals surface area (Å²) in [5, 5.41) is 2.76. The van der Waals surface area contributed by atoms with Crippen LogP contribution >= 0.6 is 0 Å². The van der Waals surface area contributed by atoms with Gasteiger partial charge in [0.25, 0.3) is 5.91 Å². The lowest BCUT2D eigenvalue weighted by atomic mass is 10.1. The maximum atomic E-state index is 12.9. The maximum Gasteiger partial charge on any atom is 0.256 e. The van der Waals surface area contributed by atoms with Crippen LogP contribution < -0.4 is 5.32 Å². The van der Waals surface area contributed by atoms with E-state index in [1.54, 1.807) is 36.4 Å². The summed E-state index contributed by atoms with van der Waals surface area (Å²) >= 11 is 0. The van der Waals surface area contributed by atoms with Gasteiger partial charge in [-0.05, 0) is 49.2 Å². The van der Waals surface area contributed by atoms with Crippen LogP contribution in [-0.2, 0) is 14.8 Å². The predicted molar refractivity (Wildman–Crippen MR) is 94.3 cm³/mol. The zero-order chi connectivity index (χ0) is 17.4. The largest absolute Gasteiger partial charge is 0.465 e. The van der Waals surface area contributed by atoms with E-state index in [1.807, 2.05) is 0 Å². The number of fused-ring (bicyclic) bond motifs is 1. The van der Waals surface area contributed by atoms with Crippen LogP contribution in [0.3, 0.4) is 0 Å². The molecule has 0 saturated carbocycles. The van der Waals surface area contributed by atoms with Crippen molar-refractivity contribution in [3.05, 3.63) is 47.9 Å². The molecule has 1 N–H and O–H groups in total. The van der Waals surface area contributed by atoms with Crippen LogP contribution in [0.2, 0.25) is 0 Å². The van der Waals surface area contributed by atoms with E-state index in [9.17, 15) is 13.2 Å². The molecule has 3 heterocycles. The van der Waals surface area contributed by atoms with Crippen LogP contribution in [-0.4, -0.2) is 31.7 Å². The summed E-state index contributed by atoms with van der Waals surface area (Å²) in [6, 6.07) is 8.25. The SMILES string of the molecule is O=C1Nc2ccc(S(=O)(=O)N3CCCCC3)cc2/C1=C\c1ccco1. The number of rotatable bonds is 3. The van der Waals surface area contributed by atoms with E-state index >= 15 is 0 Å². The Morgan fingerprint density at radius 2 is 1.92 bits per heavy atom. The van der Waals surface area contributed by atoms with Crippen molar-refractivity contribution in [1.82, 2.24) is 4.31 Å². The van der Waals surface area contributed by atoms with E-state index in [-0.39, 0.29) is 10.8 Å². The van der Waals surface area contributed by atoms with Crippen LogP contribution in [0.25, 0.3) is 11.6 Å². The van der Waals surface area contributed by atoms with E-state index in [1.165, 1.54) is 10.6 Å². The molecule has 7 heteroatoms. The molecule has 0 bridgehead atoms. The molecule has 0 aliphatic carbocycles. The van der Waals surface area contributed by atoms with Gasteiger partial charge in [-0.15, -0.1) is 0 Å². The van der Waals surface area contributed by atoms with Gasteiger partial charge in [-0.3, -0.25) is 4.79 Å². The number of hydrogen-bond acceptors (Lipinski definition) is 4. The third-order valence-corrected chi connectivity index (χ3v) is 6.45. The van der Waals surface area contributed by atoms with Gasteiger partial charge in [-0.1, -0.05) is 6.42 Å². The standard InChI is InChI=1S/C18H18N2O4S/c21-18-16(11-13-5-4-10-24-13)15-12-14(6-7-17(15)19-18)25(22,23)20-8-2-1-3-9-20/h4-7,10-12H,1-3,8-9H2,(H,19,21)/b16-11+. The van der Waals surface area contributed by atoms with Crippen LogP contribution in [0.5, 0.6) is 0 Å². The molecule has 2 aromatic rings. The number of carbonyl (C=O) groups is 1. The Morgan fingerprint density at radius 1 is 1.12 bits per heavy atom. The Bertz CT molecular complexity index is 939. The minimum Gasteiger partial charge on any atom is -0.465 e. The van der Waals surface area contributed by atoms with E-state index in [0.717, 1.165) is 19.3 Å². The number of furan rings is 1. The first-order valence-electron chi connectivity index (χ1n) is 8.27. The number of hydrogen-bond donors (Lipinski definition) is 1. The van der Waals surface area contributed by atoms with E-state index in [4.69, 9.17) is 4.42 Å². The molecule has 1 aromatic carbocycles. The van der Waals surface area contributed by atoms with Crippen molar-refractivity contribution in [3.63, 3.8) is 0 Å². The lowest BCUT2D eigenvalue weighted by Crippen LogP contribution is -2.35. The van der Waals surface area contributed by atoms with Crippen molar-refractivity contribution in [2.45, 2.75) is 24.2 Å². The lowest BCUT2D eigenvalue weighted by Gasteiger charge is -2.26. The van der Waals surface area contributed by atoms with Crippen LogP contribution in [0.4, 0.5) is 5.69 Å². The Morgan fingerprint density at radius 3 is 2.64 bits per heavy atom. The number of sulfonamides is 1. The molecule has 2 aliphatic rings. The third kappa shape index (κ3) is 2.89. The molecule has 1 saturated heterocycles. The Hall–Kier alpha value is -2.38. The van der Waals surface area contributed by atoms with Gasteiger partial charge in [0, 0.05) is 24.3 Å². The second-order valence-electron chi connectivity index (χ2n) is 6.20. The average molecular weight is 358 g/mol. The minimum atomic E-state index is -3.54. The molecule has 25 heavy (non-hydrogen) atoms. The topological polar surface area (TPSA) is 79.6 Å². The molecule has 1 aromatic heterocycles. The Labute approximate surface area is 146 Å². The number of amides is 1. The zero-order valence-electron chi connectivity index (χ0n) is 13.6. The first kappa shape index (κ1) is 16.1. The first-order valence-corrected chi connectivity index (χ1v) is 9.71. The first-order chi connectivity index (χ1) is 12.1. The predicted octanol–water partition coefficient (Wildman–Crippen LogP) is 2.95. The highest BCUT2D eigenvalue weighted by Crippen LogP contribution is 2.35.